The highest BCUT2D eigenvalue weighted by Crippen LogP contribution is 2.30. The molecule has 2 nitrogen and oxygen atoms in total. The Hall–Kier alpha value is -1.61. The summed E-state index contributed by atoms with van der Waals surface area (Å²) < 4.78 is 5.45. The molecule has 2 rings (SSSR count). The number of para-hydroxylation sites is 1. The summed E-state index contributed by atoms with van der Waals surface area (Å²) in [7, 11) is 0. The number of hydrogen-bond acceptors (Lipinski definition) is 2. The van der Waals surface area contributed by atoms with E-state index in [1.54, 1.807) is 0 Å². The van der Waals surface area contributed by atoms with Gasteiger partial charge in [0.1, 0.15) is 5.75 Å². The minimum atomic E-state index is -0.183. The predicted molar refractivity (Wildman–Crippen MR) is 85.1 cm³/mol. The van der Waals surface area contributed by atoms with Gasteiger partial charge in [-0.15, -0.1) is 0 Å². The van der Waals surface area contributed by atoms with E-state index in [1.807, 2.05) is 43.3 Å². The quantitative estimate of drug-likeness (QED) is 0.439. The van der Waals surface area contributed by atoms with Gasteiger partial charge in [-0.3, -0.25) is 4.79 Å². The van der Waals surface area contributed by atoms with Gasteiger partial charge in [-0.2, -0.15) is 0 Å². The lowest BCUT2D eigenvalue weighted by atomic mass is 10.0. The second-order valence-corrected chi connectivity index (χ2v) is 5.11. The smallest absolute Gasteiger partial charge is 0.311 e. The van der Waals surface area contributed by atoms with Crippen LogP contribution in [0.1, 0.15) is 25.3 Å². The van der Waals surface area contributed by atoms with Crippen LogP contribution in [-0.2, 0) is 10.1 Å². The second-order valence-electron chi connectivity index (χ2n) is 4.55. The van der Waals surface area contributed by atoms with Gasteiger partial charge in [0.25, 0.3) is 0 Å². The summed E-state index contributed by atoms with van der Waals surface area (Å²) in [5.41, 5.74) is 3.21. The highest BCUT2D eigenvalue weighted by atomic mass is 79.9. The maximum atomic E-state index is 11.7. The first-order valence-electron chi connectivity index (χ1n) is 6.69. The van der Waals surface area contributed by atoms with Crippen molar-refractivity contribution in [2.75, 3.05) is 0 Å². The lowest BCUT2D eigenvalue weighted by Gasteiger charge is -2.10. The van der Waals surface area contributed by atoms with Gasteiger partial charge in [0, 0.05) is 17.3 Å². The third kappa shape index (κ3) is 3.70. The molecule has 0 aliphatic heterocycles. The van der Waals surface area contributed by atoms with E-state index >= 15 is 0 Å². The first-order chi connectivity index (χ1) is 9.74. The van der Waals surface area contributed by atoms with Crippen LogP contribution in [-0.4, -0.2) is 5.97 Å². The van der Waals surface area contributed by atoms with E-state index in [2.05, 4.69) is 28.1 Å². The first-order valence-corrected chi connectivity index (χ1v) is 7.81. The lowest BCUT2D eigenvalue weighted by Crippen LogP contribution is -2.07. The molecule has 0 radical (unpaired) electrons. The van der Waals surface area contributed by atoms with Crippen LogP contribution in [0.15, 0.2) is 48.5 Å². The summed E-state index contributed by atoms with van der Waals surface area (Å²) in [6.07, 6.45) is 1.23. The molecular formula is C17H17BrO2. The van der Waals surface area contributed by atoms with Crippen molar-refractivity contribution in [3.05, 3.63) is 54.1 Å². The van der Waals surface area contributed by atoms with Crippen molar-refractivity contribution in [3.8, 4) is 16.9 Å². The van der Waals surface area contributed by atoms with Crippen LogP contribution in [0.5, 0.6) is 5.75 Å². The van der Waals surface area contributed by atoms with Crippen molar-refractivity contribution in [2.24, 2.45) is 0 Å². The number of carbonyl (C=O) groups is 1. The summed E-state index contributed by atoms with van der Waals surface area (Å²) in [5.74, 6) is 0.439. The zero-order chi connectivity index (χ0) is 14.4. The molecule has 0 saturated carbocycles. The number of ether oxygens (including phenoxy) is 1. The Labute approximate surface area is 127 Å². The van der Waals surface area contributed by atoms with E-state index < -0.39 is 0 Å². The van der Waals surface area contributed by atoms with E-state index in [0.29, 0.717) is 12.2 Å². The van der Waals surface area contributed by atoms with E-state index in [9.17, 15) is 4.79 Å². The Morgan fingerprint density at radius 2 is 1.80 bits per heavy atom. The number of hydrogen-bond donors (Lipinski definition) is 0. The van der Waals surface area contributed by atoms with Crippen LogP contribution < -0.4 is 4.74 Å². The number of esters is 1. The Morgan fingerprint density at radius 1 is 1.10 bits per heavy atom. The molecule has 0 unspecified atom stereocenters. The molecule has 20 heavy (non-hydrogen) atoms. The van der Waals surface area contributed by atoms with Gasteiger partial charge < -0.3 is 4.74 Å². The fourth-order valence-electron chi connectivity index (χ4n) is 1.95. The third-order valence-electron chi connectivity index (χ3n) is 2.98. The Morgan fingerprint density at radius 3 is 2.45 bits per heavy atom. The molecule has 0 atom stereocenters. The summed E-state index contributed by atoms with van der Waals surface area (Å²) >= 11 is 3.43. The average Bonchev–Trinajstić information content (AvgIpc) is 2.48. The second kappa shape index (κ2) is 7.25. The van der Waals surface area contributed by atoms with Crippen molar-refractivity contribution >= 4 is 21.9 Å². The van der Waals surface area contributed by atoms with E-state index in [1.165, 1.54) is 5.56 Å². The van der Waals surface area contributed by atoms with Gasteiger partial charge in [-0.05, 0) is 23.6 Å². The van der Waals surface area contributed by atoms with Crippen molar-refractivity contribution in [2.45, 2.75) is 25.1 Å². The molecule has 2 aromatic carbocycles. The van der Waals surface area contributed by atoms with Crippen molar-refractivity contribution in [3.63, 3.8) is 0 Å². The molecule has 2 aromatic rings. The van der Waals surface area contributed by atoms with Crippen LogP contribution in [0.25, 0.3) is 11.1 Å². The summed E-state index contributed by atoms with van der Waals surface area (Å²) in [4.78, 5) is 11.7. The topological polar surface area (TPSA) is 26.3 Å². The maximum absolute atomic E-state index is 11.7. The summed E-state index contributed by atoms with van der Waals surface area (Å²) in [5, 5.41) is 0.834. The fraction of sp³-hybridized carbons (Fsp3) is 0.235. The highest BCUT2D eigenvalue weighted by molar-refractivity contribution is 9.08. The first kappa shape index (κ1) is 14.8. The maximum Gasteiger partial charge on any atom is 0.311 e. The molecule has 3 heteroatoms. The molecule has 0 N–H and O–H groups in total. The van der Waals surface area contributed by atoms with Crippen LogP contribution in [0.4, 0.5) is 0 Å². The monoisotopic (exact) mass is 332 g/mol. The van der Waals surface area contributed by atoms with Crippen molar-refractivity contribution < 1.29 is 9.53 Å². The zero-order valence-electron chi connectivity index (χ0n) is 11.4. The summed E-state index contributed by atoms with van der Waals surface area (Å²) in [6.45, 7) is 1.96. The molecular weight excluding hydrogens is 316 g/mol. The average molecular weight is 333 g/mol. The highest BCUT2D eigenvalue weighted by Gasteiger charge is 2.09. The largest absolute Gasteiger partial charge is 0.426 e. The van der Waals surface area contributed by atoms with Crippen LogP contribution in [0.2, 0.25) is 0 Å². The molecule has 0 spiro atoms. The molecule has 104 valence electrons. The standard InChI is InChI=1S/C17H17BrO2/c1-2-5-17(19)20-16-7-4-3-6-15(16)14-10-8-13(12-18)9-11-14/h3-4,6-11H,2,5,12H2,1H3. The minimum absolute atomic E-state index is 0.183. The van der Waals surface area contributed by atoms with Crippen molar-refractivity contribution in [1.29, 1.82) is 0 Å². The summed E-state index contributed by atoms with van der Waals surface area (Å²) in [6, 6.07) is 15.9. The number of rotatable bonds is 5. The molecule has 0 bridgehead atoms. The molecule has 0 aliphatic rings. The SMILES string of the molecule is CCCC(=O)Oc1ccccc1-c1ccc(CBr)cc1. The molecule has 0 saturated heterocycles. The van der Waals surface area contributed by atoms with Crippen LogP contribution in [0.3, 0.4) is 0 Å². The zero-order valence-corrected chi connectivity index (χ0v) is 13.0. The fourth-order valence-corrected chi connectivity index (χ4v) is 2.32. The Bertz CT molecular complexity index is 576. The van der Waals surface area contributed by atoms with E-state index in [4.69, 9.17) is 4.74 Å². The Balaban J connectivity index is 2.28. The lowest BCUT2D eigenvalue weighted by molar-refractivity contribution is -0.134. The molecule has 0 fully saturated rings. The minimum Gasteiger partial charge on any atom is -0.426 e. The number of benzene rings is 2. The predicted octanol–water partition coefficient (Wildman–Crippen LogP) is 4.95. The van der Waals surface area contributed by atoms with Gasteiger partial charge in [0.2, 0.25) is 0 Å². The van der Waals surface area contributed by atoms with Crippen molar-refractivity contribution in [1.82, 2.24) is 0 Å². The number of alkyl halides is 1. The molecule has 0 aromatic heterocycles. The molecule has 0 heterocycles. The Kier molecular flexibility index (Phi) is 5.36. The van der Waals surface area contributed by atoms with Gasteiger partial charge in [-0.1, -0.05) is 65.3 Å². The number of halogens is 1. The molecule has 0 amide bonds. The van der Waals surface area contributed by atoms with E-state index in [-0.39, 0.29) is 5.97 Å². The van der Waals surface area contributed by atoms with Gasteiger partial charge >= 0.3 is 5.97 Å². The normalized spacial score (nSPS) is 10.3. The number of carbonyl (C=O) groups excluding carboxylic acids is 1. The van der Waals surface area contributed by atoms with Gasteiger partial charge in [-0.25, -0.2) is 0 Å². The molecule has 0 aliphatic carbocycles. The van der Waals surface area contributed by atoms with Gasteiger partial charge in [0.15, 0.2) is 0 Å². The van der Waals surface area contributed by atoms with E-state index in [0.717, 1.165) is 22.9 Å². The van der Waals surface area contributed by atoms with Crippen LogP contribution >= 0.6 is 15.9 Å². The van der Waals surface area contributed by atoms with Crippen LogP contribution in [0, 0.1) is 0 Å². The van der Waals surface area contributed by atoms with Gasteiger partial charge in [0.05, 0.1) is 0 Å². The third-order valence-corrected chi connectivity index (χ3v) is 3.63.